The molecule has 3 fully saturated rings. The molecule has 2 saturated carbocycles. The Balaban J connectivity index is 1.09. The number of aryl methyl sites for hydroxylation is 1. The molecule has 4 atom stereocenters. The Hall–Kier alpha value is -3.92. The zero-order chi connectivity index (χ0) is 25.1. The van der Waals surface area contributed by atoms with Crippen LogP contribution in [0.2, 0.25) is 0 Å². The van der Waals surface area contributed by atoms with Crippen LogP contribution in [0, 0.1) is 12.8 Å². The lowest BCUT2D eigenvalue weighted by molar-refractivity contribution is -0.117. The number of amides is 1. The number of nitrogens with one attached hydrogen (secondary N) is 1. The summed E-state index contributed by atoms with van der Waals surface area (Å²) in [6.07, 6.45) is 10.7. The van der Waals surface area contributed by atoms with Gasteiger partial charge in [-0.15, -0.1) is 0 Å². The third kappa shape index (κ3) is 4.31. The van der Waals surface area contributed by atoms with Gasteiger partial charge in [-0.1, -0.05) is 6.07 Å². The normalized spacial score (nSPS) is 25.0. The Morgan fingerprint density at radius 1 is 1.08 bits per heavy atom. The Labute approximate surface area is 213 Å². The number of fused-ring (bicyclic) bond motifs is 1. The van der Waals surface area contributed by atoms with E-state index in [0.29, 0.717) is 36.3 Å². The number of nitrogens with zero attached hydrogens (tertiary/aromatic N) is 7. The number of aromatic nitrogens is 6. The summed E-state index contributed by atoms with van der Waals surface area (Å²) in [6, 6.07) is 7.73. The van der Waals surface area contributed by atoms with Crippen LogP contribution < -0.4 is 10.2 Å². The number of β-amino-alcohol motifs (C(OH)–C–C–N with tert-alkyl or cyclic N) is 1. The fraction of sp³-hybridized carbons (Fsp3) is 0.407. The van der Waals surface area contributed by atoms with Gasteiger partial charge in [-0.2, -0.15) is 0 Å². The summed E-state index contributed by atoms with van der Waals surface area (Å²) in [7, 11) is 0. The summed E-state index contributed by atoms with van der Waals surface area (Å²) in [6.45, 7) is 2.36. The highest BCUT2D eigenvalue weighted by Crippen LogP contribution is 2.46. The van der Waals surface area contributed by atoms with Crippen molar-refractivity contribution in [2.24, 2.45) is 5.92 Å². The van der Waals surface area contributed by atoms with Crippen LogP contribution in [0.5, 0.6) is 0 Å². The molecule has 3 aliphatic rings. The average molecular weight is 497 g/mol. The standard InChI is InChI=1S/C27H28N8O2/c1-15-6-7-28-26(31-15)19-9-20(19)27(37)33-23-10-25(30-14-29-23)35-12-18(36)8-22(35)21-13-34-11-17(16-2-3-16)4-5-24(34)32-21/h4-7,10-11,13-14,16,18-20,22,36H,2-3,8-9,12H2,1H3,(H,29,30,33,37)/t18-,19-,20-,22+/m0/s1. The molecule has 0 spiro atoms. The van der Waals surface area contributed by atoms with E-state index in [4.69, 9.17) is 4.98 Å². The topological polar surface area (TPSA) is 121 Å². The number of aliphatic hydroxyl groups is 1. The first-order valence-electron chi connectivity index (χ1n) is 12.9. The molecule has 2 aliphatic carbocycles. The maximum atomic E-state index is 12.9. The molecule has 4 aromatic rings. The first-order chi connectivity index (χ1) is 18.0. The molecule has 1 saturated heterocycles. The van der Waals surface area contributed by atoms with Crippen molar-refractivity contribution in [1.82, 2.24) is 29.3 Å². The van der Waals surface area contributed by atoms with E-state index in [2.05, 4.69) is 54.2 Å². The lowest BCUT2D eigenvalue weighted by Gasteiger charge is -2.24. The summed E-state index contributed by atoms with van der Waals surface area (Å²) in [5, 5.41) is 13.5. The number of hydrogen-bond donors (Lipinski definition) is 2. The number of rotatable bonds is 6. The Morgan fingerprint density at radius 3 is 2.81 bits per heavy atom. The van der Waals surface area contributed by atoms with E-state index in [0.717, 1.165) is 23.5 Å². The van der Waals surface area contributed by atoms with Crippen molar-refractivity contribution in [2.45, 2.75) is 56.6 Å². The predicted octanol–water partition coefficient (Wildman–Crippen LogP) is 3.15. The smallest absolute Gasteiger partial charge is 0.229 e. The lowest BCUT2D eigenvalue weighted by Crippen LogP contribution is -2.26. The zero-order valence-corrected chi connectivity index (χ0v) is 20.5. The monoisotopic (exact) mass is 496 g/mol. The number of carbonyl (C=O) groups is 1. The molecule has 10 heteroatoms. The van der Waals surface area contributed by atoms with Crippen molar-refractivity contribution in [1.29, 1.82) is 0 Å². The second-order valence-corrected chi connectivity index (χ2v) is 10.5. The van der Waals surface area contributed by atoms with E-state index in [-0.39, 0.29) is 23.8 Å². The summed E-state index contributed by atoms with van der Waals surface area (Å²) < 4.78 is 2.08. The molecule has 10 nitrogen and oxygen atoms in total. The minimum absolute atomic E-state index is 0.0368. The molecule has 2 N–H and O–H groups in total. The Bertz CT molecular complexity index is 1500. The third-order valence-corrected chi connectivity index (χ3v) is 7.63. The third-order valence-electron chi connectivity index (χ3n) is 7.63. The van der Waals surface area contributed by atoms with Crippen molar-refractivity contribution in [3.8, 4) is 0 Å². The Morgan fingerprint density at radius 2 is 1.97 bits per heavy atom. The highest BCUT2D eigenvalue weighted by molar-refractivity contribution is 5.94. The molecule has 4 aromatic heterocycles. The number of aliphatic hydroxyl groups excluding tert-OH is 1. The van der Waals surface area contributed by atoms with Crippen LogP contribution in [0.1, 0.15) is 66.3 Å². The van der Waals surface area contributed by atoms with E-state index < -0.39 is 6.10 Å². The number of carbonyl (C=O) groups excluding carboxylic acids is 1. The molecule has 5 heterocycles. The maximum absolute atomic E-state index is 12.9. The maximum Gasteiger partial charge on any atom is 0.229 e. The van der Waals surface area contributed by atoms with Gasteiger partial charge in [0, 0.05) is 55.2 Å². The van der Waals surface area contributed by atoms with E-state index in [1.54, 1.807) is 12.3 Å². The van der Waals surface area contributed by atoms with Crippen LogP contribution in [-0.4, -0.2) is 53.0 Å². The van der Waals surface area contributed by atoms with Gasteiger partial charge in [0.1, 0.15) is 29.4 Å². The molecule has 7 rings (SSSR count). The van der Waals surface area contributed by atoms with Gasteiger partial charge in [0.05, 0.1) is 17.8 Å². The number of imidazole rings is 1. The van der Waals surface area contributed by atoms with Gasteiger partial charge in [0.2, 0.25) is 5.91 Å². The molecule has 0 bridgehead atoms. The summed E-state index contributed by atoms with van der Waals surface area (Å²) in [5.41, 5.74) is 4.04. The minimum atomic E-state index is -0.494. The number of anilines is 2. The largest absolute Gasteiger partial charge is 0.391 e. The number of hydrogen-bond acceptors (Lipinski definition) is 8. The van der Waals surface area contributed by atoms with E-state index in [9.17, 15) is 9.90 Å². The van der Waals surface area contributed by atoms with Crippen molar-refractivity contribution in [3.63, 3.8) is 0 Å². The van der Waals surface area contributed by atoms with Crippen LogP contribution in [-0.2, 0) is 4.79 Å². The van der Waals surface area contributed by atoms with Gasteiger partial charge in [-0.3, -0.25) is 4.79 Å². The molecule has 0 radical (unpaired) electrons. The molecular formula is C27H28N8O2. The van der Waals surface area contributed by atoms with Crippen molar-refractivity contribution in [2.75, 3.05) is 16.8 Å². The van der Waals surface area contributed by atoms with E-state index in [1.807, 2.05) is 17.9 Å². The fourth-order valence-corrected chi connectivity index (χ4v) is 5.40. The minimum Gasteiger partial charge on any atom is -0.391 e. The highest BCUT2D eigenvalue weighted by atomic mass is 16.3. The van der Waals surface area contributed by atoms with Crippen molar-refractivity contribution >= 4 is 23.2 Å². The highest BCUT2D eigenvalue weighted by Gasteiger charge is 2.46. The molecule has 188 valence electrons. The first-order valence-corrected chi connectivity index (χ1v) is 12.9. The second kappa shape index (κ2) is 8.58. The van der Waals surface area contributed by atoms with Gasteiger partial charge in [0.25, 0.3) is 0 Å². The second-order valence-electron chi connectivity index (χ2n) is 10.5. The fourth-order valence-electron chi connectivity index (χ4n) is 5.40. The van der Waals surface area contributed by atoms with Gasteiger partial charge < -0.3 is 19.7 Å². The van der Waals surface area contributed by atoms with Crippen LogP contribution in [0.15, 0.2) is 49.2 Å². The van der Waals surface area contributed by atoms with Crippen molar-refractivity contribution in [3.05, 3.63) is 72.0 Å². The van der Waals surface area contributed by atoms with Crippen LogP contribution >= 0.6 is 0 Å². The average Bonchev–Trinajstić information content (AvgIpc) is 3.81. The molecular weight excluding hydrogens is 468 g/mol. The quantitative estimate of drug-likeness (QED) is 0.418. The predicted molar refractivity (Wildman–Crippen MR) is 136 cm³/mol. The van der Waals surface area contributed by atoms with Gasteiger partial charge in [-0.25, -0.2) is 24.9 Å². The zero-order valence-electron chi connectivity index (χ0n) is 20.5. The van der Waals surface area contributed by atoms with E-state index >= 15 is 0 Å². The van der Waals surface area contributed by atoms with Crippen LogP contribution in [0.3, 0.4) is 0 Å². The molecule has 1 amide bonds. The first kappa shape index (κ1) is 22.3. The van der Waals surface area contributed by atoms with Crippen LogP contribution in [0.4, 0.5) is 11.6 Å². The molecule has 37 heavy (non-hydrogen) atoms. The van der Waals surface area contributed by atoms with Crippen molar-refractivity contribution < 1.29 is 9.90 Å². The summed E-state index contributed by atoms with van der Waals surface area (Å²) in [5.74, 6) is 2.26. The van der Waals surface area contributed by atoms with Crippen LogP contribution in [0.25, 0.3) is 5.65 Å². The SMILES string of the molecule is Cc1ccnc([C@H]2C[C@@H]2C(=O)Nc2cc(N3C[C@@H](O)C[C@@H]3c3cn4cc(C5CC5)ccc4n3)ncn2)n1. The van der Waals surface area contributed by atoms with Gasteiger partial charge in [0.15, 0.2) is 0 Å². The molecule has 1 aliphatic heterocycles. The number of pyridine rings is 1. The Kier molecular flexibility index (Phi) is 5.17. The lowest BCUT2D eigenvalue weighted by atomic mass is 10.1. The van der Waals surface area contributed by atoms with E-state index in [1.165, 1.54) is 24.7 Å². The van der Waals surface area contributed by atoms with Gasteiger partial charge >= 0.3 is 0 Å². The molecule has 0 unspecified atom stereocenters. The summed E-state index contributed by atoms with van der Waals surface area (Å²) >= 11 is 0. The van der Waals surface area contributed by atoms with Gasteiger partial charge in [-0.05, 0) is 49.8 Å². The summed E-state index contributed by atoms with van der Waals surface area (Å²) in [4.78, 5) is 37.3. The molecule has 0 aromatic carbocycles.